The summed E-state index contributed by atoms with van der Waals surface area (Å²) in [5.41, 5.74) is 0.376. The van der Waals surface area contributed by atoms with Crippen molar-refractivity contribution < 1.29 is 4.79 Å². The summed E-state index contributed by atoms with van der Waals surface area (Å²) < 4.78 is 1.70. The molecule has 0 saturated heterocycles. The molecule has 0 unspecified atom stereocenters. The summed E-state index contributed by atoms with van der Waals surface area (Å²) in [6, 6.07) is 4.66. The highest BCUT2D eigenvalue weighted by molar-refractivity contribution is 7.09. The van der Waals surface area contributed by atoms with Gasteiger partial charge in [0.25, 0.3) is 5.91 Å². The van der Waals surface area contributed by atoms with Crippen molar-refractivity contribution in [2.24, 2.45) is 0 Å². The monoisotopic (exact) mass is 347 g/mol. The van der Waals surface area contributed by atoms with Crippen LogP contribution in [-0.4, -0.2) is 40.0 Å². The normalized spacial score (nSPS) is 16.0. The summed E-state index contributed by atoms with van der Waals surface area (Å²) in [5, 5.41) is 16.5. The van der Waals surface area contributed by atoms with Crippen LogP contribution >= 0.6 is 11.3 Å². The number of rotatable bonds is 7. The minimum absolute atomic E-state index is 0.157. The van der Waals surface area contributed by atoms with Crippen LogP contribution in [0.2, 0.25) is 0 Å². The highest BCUT2D eigenvalue weighted by atomic mass is 32.1. The molecule has 2 aromatic rings. The van der Waals surface area contributed by atoms with Gasteiger partial charge in [-0.3, -0.25) is 4.79 Å². The van der Waals surface area contributed by atoms with Crippen LogP contribution in [0, 0.1) is 0 Å². The Kier molecular flexibility index (Phi) is 6.37. The number of thiophene rings is 1. The molecule has 6 nitrogen and oxygen atoms in total. The van der Waals surface area contributed by atoms with Crippen LogP contribution in [0.25, 0.3) is 0 Å². The van der Waals surface area contributed by atoms with Gasteiger partial charge in [-0.2, -0.15) is 0 Å². The molecule has 2 aromatic heterocycles. The summed E-state index contributed by atoms with van der Waals surface area (Å²) in [6.07, 6.45) is 9.56. The first-order valence-electron chi connectivity index (χ1n) is 8.75. The minimum atomic E-state index is -0.157. The molecule has 0 radical (unpaired) electrons. The summed E-state index contributed by atoms with van der Waals surface area (Å²) in [6.45, 7) is 2.08. The molecular weight excluding hydrogens is 322 g/mol. The van der Waals surface area contributed by atoms with Gasteiger partial charge in [0.05, 0.1) is 12.7 Å². The summed E-state index contributed by atoms with van der Waals surface area (Å²) in [5.74, 6) is -0.157. The number of nitrogens with one attached hydrogen (secondary N) is 2. The highest BCUT2D eigenvalue weighted by Gasteiger charge is 2.13. The molecule has 0 aliphatic heterocycles. The number of nitrogens with zero attached hydrogens (tertiary/aromatic N) is 3. The number of amides is 1. The SMILES string of the molecule is O=C(NCCNC1CCCCCC1)c1cn(Cc2cccs2)nn1. The summed E-state index contributed by atoms with van der Waals surface area (Å²) in [7, 11) is 0. The van der Waals surface area contributed by atoms with Gasteiger partial charge in [-0.25, -0.2) is 4.68 Å². The minimum Gasteiger partial charge on any atom is -0.349 e. The molecule has 2 heterocycles. The zero-order chi connectivity index (χ0) is 16.6. The fourth-order valence-electron chi connectivity index (χ4n) is 3.07. The third-order valence-corrected chi connectivity index (χ3v) is 5.23. The van der Waals surface area contributed by atoms with Gasteiger partial charge in [-0.05, 0) is 24.3 Å². The van der Waals surface area contributed by atoms with Crippen molar-refractivity contribution in [3.05, 3.63) is 34.3 Å². The van der Waals surface area contributed by atoms with E-state index in [0.29, 0.717) is 24.8 Å². The molecule has 2 N–H and O–H groups in total. The van der Waals surface area contributed by atoms with Crippen LogP contribution in [0.1, 0.15) is 53.9 Å². The first-order chi connectivity index (χ1) is 11.8. The Bertz CT molecular complexity index is 617. The fraction of sp³-hybridized carbons (Fsp3) is 0.588. The van der Waals surface area contributed by atoms with Crippen molar-refractivity contribution in [2.45, 2.75) is 51.1 Å². The van der Waals surface area contributed by atoms with Crippen LogP contribution in [-0.2, 0) is 6.54 Å². The van der Waals surface area contributed by atoms with Crippen molar-refractivity contribution >= 4 is 17.2 Å². The average molecular weight is 347 g/mol. The van der Waals surface area contributed by atoms with Gasteiger partial charge in [-0.15, -0.1) is 16.4 Å². The maximum atomic E-state index is 12.1. The number of aromatic nitrogens is 3. The van der Waals surface area contributed by atoms with E-state index in [2.05, 4.69) is 20.9 Å². The smallest absolute Gasteiger partial charge is 0.273 e. The van der Waals surface area contributed by atoms with Crippen LogP contribution in [0.3, 0.4) is 0 Å². The molecule has 1 amide bonds. The van der Waals surface area contributed by atoms with Gasteiger partial charge < -0.3 is 10.6 Å². The van der Waals surface area contributed by atoms with Crippen LogP contribution < -0.4 is 10.6 Å². The quantitative estimate of drug-likeness (QED) is 0.596. The molecule has 1 aliphatic carbocycles. The molecule has 1 aliphatic rings. The Morgan fingerprint density at radius 1 is 1.25 bits per heavy atom. The van der Waals surface area contributed by atoms with E-state index in [4.69, 9.17) is 0 Å². The van der Waals surface area contributed by atoms with Crippen molar-refractivity contribution in [1.29, 1.82) is 0 Å². The number of hydrogen-bond acceptors (Lipinski definition) is 5. The van der Waals surface area contributed by atoms with Crippen molar-refractivity contribution in [2.75, 3.05) is 13.1 Å². The maximum absolute atomic E-state index is 12.1. The zero-order valence-electron chi connectivity index (χ0n) is 13.9. The van der Waals surface area contributed by atoms with Crippen molar-refractivity contribution in [3.8, 4) is 0 Å². The van der Waals surface area contributed by atoms with Gasteiger partial charge in [0, 0.05) is 24.0 Å². The first kappa shape index (κ1) is 17.1. The van der Waals surface area contributed by atoms with Crippen molar-refractivity contribution in [1.82, 2.24) is 25.6 Å². The van der Waals surface area contributed by atoms with E-state index >= 15 is 0 Å². The predicted octanol–water partition coefficient (Wildman–Crippen LogP) is 2.43. The second kappa shape index (κ2) is 8.94. The topological polar surface area (TPSA) is 71.8 Å². The lowest BCUT2D eigenvalue weighted by Gasteiger charge is -2.16. The molecule has 1 fully saturated rings. The van der Waals surface area contributed by atoms with E-state index in [1.54, 1.807) is 22.2 Å². The first-order valence-corrected chi connectivity index (χ1v) is 9.63. The average Bonchev–Trinajstić information content (AvgIpc) is 3.20. The number of carbonyl (C=O) groups excluding carboxylic acids is 1. The van der Waals surface area contributed by atoms with E-state index in [1.165, 1.54) is 43.4 Å². The largest absolute Gasteiger partial charge is 0.349 e. The predicted molar refractivity (Wildman–Crippen MR) is 95.3 cm³/mol. The highest BCUT2D eigenvalue weighted by Crippen LogP contribution is 2.16. The second-order valence-corrected chi connectivity index (χ2v) is 7.31. The van der Waals surface area contributed by atoms with E-state index in [0.717, 1.165) is 6.54 Å². The molecule has 3 rings (SSSR count). The lowest BCUT2D eigenvalue weighted by atomic mass is 10.1. The Balaban J connectivity index is 1.38. The maximum Gasteiger partial charge on any atom is 0.273 e. The molecule has 130 valence electrons. The Labute approximate surface area is 146 Å². The Morgan fingerprint density at radius 2 is 2.08 bits per heavy atom. The third-order valence-electron chi connectivity index (χ3n) is 4.37. The van der Waals surface area contributed by atoms with Gasteiger partial charge >= 0.3 is 0 Å². The summed E-state index contributed by atoms with van der Waals surface area (Å²) >= 11 is 1.67. The van der Waals surface area contributed by atoms with Gasteiger partial charge in [-0.1, -0.05) is 37.0 Å². The molecular formula is C17H25N5OS. The molecule has 0 atom stereocenters. The van der Waals surface area contributed by atoms with Crippen molar-refractivity contribution in [3.63, 3.8) is 0 Å². The molecule has 1 saturated carbocycles. The Hall–Kier alpha value is -1.73. The molecule has 0 bridgehead atoms. The van der Waals surface area contributed by atoms with E-state index < -0.39 is 0 Å². The van der Waals surface area contributed by atoms with E-state index in [9.17, 15) is 4.79 Å². The fourth-order valence-corrected chi connectivity index (χ4v) is 3.76. The third kappa shape index (κ3) is 5.14. The zero-order valence-corrected chi connectivity index (χ0v) is 14.7. The van der Waals surface area contributed by atoms with Gasteiger partial charge in [0.1, 0.15) is 0 Å². The summed E-state index contributed by atoms with van der Waals surface area (Å²) in [4.78, 5) is 13.3. The lowest BCUT2D eigenvalue weighted by molar-refractivity contribution is 0.0948. The van der Waals surface area contributed by atoms with E-state index in [-0.39, 0.29) is 5.91 Å². The van der Waals surface area contributed by atoms with E-state index in [1.807, 2.05) is 17.5 Å². The Morgan fingerprint density at radius 3 is 2.83 bits per heavy atom. The van der Waals surface area contributed by atoms with Gasteiger partial charge in [0.15, 0.2) is 5.69 Å². The second-order valence-electron chi connectivity index (χ2n) is 6.28. The lowest BCUT2D eigenvalue weighted by Crippen LogP contribution is -2.37. The number of hydrogen-bond donors (Lipinski definition) is 2. The van der Waals surface area contributed by atoms with Gasteiger partial charge in [0.2, 0.25) is 0 Å². The van der Waals surface area contributed by atoms with Crippen LogP contribution in [0.15, 0.2) is 23.7 Å². The molecule has 0 aromatic carbocycles. The number of carbonyl (C=O) groups is 1. The van der Waals surface area contributed by atoms with Crippen LogP contribution in [0.5, 0.6) is 0 Å². The molecule has 7 heteroatoms. The standard InChI is InChI=1S/C17H25N5OS/c23-17(19-10-9-18-14-6-3-1-2-4-7-14)16-13-22(21-20-16)12-15-8-5-11-24-15/h5,8,11,13-14,18H,1-4,6-7,9-10,12H2,(H,19,23). The van der Waals surface area contributed by atoms with Crippen LogP contribution in [0.4, 0.5) is 0 Å². The molecule has 24 heavy (non-hydrogen) atoms. The molecule has 0 spiro atoms.